The summed E-state index contributed by atoms with van der Waals surface area (Å²) in [5, 5.41) is 7.44. The summed E-state index contributed by atoms with van der Waals surface area (Å²) in [6.07, 6.45) is 0.962. The Morgan fingerprint density at radius 3 is 2.38 bits per heavy atom. The Morgan fingerprint density at radius 1 is 1.00 bits per heavy atom. The molecule has 0 unspecified atom stereocenters. The molecule has 1 aromatic rings. The van der Waals surface area contributed by atoms with Crippen molar-refractivity contribution in [1.29, 1.82) is 0 Å². The van der Waals surface area contributed by atoms with E-state index in [1.165, 1.54) is 0 Å². The van der Waals surface area contributed by atoms with Crippen molar-refractivity contribution in [3.63, 3.8) is 0 Å². The number of nitrogens with zero attached hydrogens (tertiary/aromatic N) is 2. The molecule has 0 bridgehead atoms. The van der Waals surface area contributed by atoms with E-state index < -0.39 is 0 Å². The van der Waals surface area contributed by atoms with Gasteiger partial charge in [0.15, 0.2) is 16.1 Å². The van der Waals surface area contributed by atoms with Crippen LogP contribution in [-0.4, -0.2) is 30.0 Å². The van der Waals surface area contributed by atoms with Crippen molar-refractivity contribution >= 4 is 34.8 Å². The highest BCUT2D eigenvalue weighted by molar-refractivity contribution is 6.43. The van der Waals surface area contributed by atoms with Gasteiger partial charge in [-0.1, -0.05) is 41.7 Å². The SMILES string of the molecule is CCCOCCOc1c(Cl)nnc(Cl)c1Cl. The average Bonchev–Trinajstić information content (AvgIpc) is 2.28. The highest BCUT2D eigenvalue weighted by Gasteiger charge is 2.13. The number of halogens is 3. The smallest absolute Gasteiger partial charge is 0.195 e. The molecule has 0 saturated carbocycles. The zero-order valence-electron chi connectivity index (χ0n) is 8.67. The summed E-state index contributed by atoms with van der Waals surface area (Å²) >= 11 is 17.3. The third kappa shape index (κ3) is 3.94. The first-order valence-corrected chi connectivity index (χ1v) is 5.88. The van der Waals surface area contributed by atoms with Gasteiger partial charge < -0.3 is 9.47 Å². The molecule has 16 heavy (non-hydrogen) atoms. The molecule has 0 saturated heterocycles. The van der Waals surface area contributed by atoms with Crippen LogP contribution in [0.4, 0.5) is 0 Å². The summed E-state index contributed by atoms with van der Waals surface area (Å²) in [4.78, 5) is 0. The summed E-state index contributed by atoms with van der Waals surface area (Å²) in [6, 6.07) is 0. The van der Waals surface area contributed by atoms with E-state index in [9.17, 15) is 0 Å². The first-order chi connectivity index (χ1) is 7.66. The Kier molecular flexibility index (Phi) is 6.13. The van der Waals surface area contributed by atoms with E-state index in [0.717, 1.165) is 6.42 Å². The molecular formula is C9H11Cl3N2O2. The fourth-order valence-corrected chi connectivity index (χ4v) is 1.47. The first kappa shape index (κ1) is 13.8. The molecule has 1 heterocycles. The lowest BCUT2D eigenvalue weighted by molar-refractivity contribution is 0.100. The second kappa shape index (κ2) is 7.12. The zero-order valence-corrected chi connectivity index (χ0v) is 10.9. The van der Waals surface area contributed by atoms with Crippen LogP contribution in [-0.2, 0) is 4.74 Å². The highest BCUT2D eigenvalue weighted by atomic mass is 35.5. The normalized spacial score (nSPS) is 10.5. The monoisotopic (exact) mass is 284 g/mol. The molecular weight excluding hydrogens is 274 g/mol. The van der Waals surface area contributed by atoms with Crippen LogP contribution in [0.5, 0.6) is 5.75 Å². The summed E-state index contributed by atoms with van der Waals surface area (Å²) in [6.45, 7) is 3.52. The fourth-order valence-electron chi connectivity index (χ4n) is 0.933. The zero-order chi connectivity index (χ0) is 12.0. The largest absolute Gasteiger partial charge is 0.486 e. The maximum absolute atomic E-state index is 5.85. The lowest BCUT2D eigenvalue weighted by Gasteiger charge is -2.09. The maximum atomic E-state index is 5.85. The van der Waals surface area contributed by atoms with Crippen LogP contribution in [0.1, 0.15) is 13.3 Å². The Bertz CT molecular complexity index is 350. The molecule has 0 aromatic carbocycles. The molecule has 0 N–H and O–H groups in total. The van der Waals surface area contributed by atoms with Crippen molar-refractivity contribution in [2.45, 2.75) is 13.3 Å². The molecule has 0 atom stereocenters. The third-order valence-corrected chi connectivity index (χ3v) is 2.58. The lowest BCUT2D eigenvalue weighted by Crippen LogP contribution is -2.08. The molecule has 0 radical (unpaired) electrons. The third-order valence-electron chi connectivity index (χ3n) is 1.62. The Hall–Kier alpha value is -0.290. The number of ether oxygens (including phenoxy) is 2. The molecule has 90 valence electrons. The van der Waals surface area contributed by atoms with Crippen LogP contribution in [0.3, 0.4) is 0 Å². The minimum absolute atomic E-state index is 0.0653. The molecule has 0 fully saturated rings. The molecule has 4 nitrogen and oxygen atoms in total. The van der Waals surface area contributed by atoms with Gasteiger partial charge in [-0.05, 0) is 6.42 Å². The van der Waals surface area contributed by atoms with Crippen LogP contribution in [0.15, 0.2) is 0 Å². The van der Waals surface area contributed by atoms with Gasteiger partial charge in [0.05, 0.1) is 6.61 Å². The second-order valence-corrected chi connectivity index (χ2v) is 3.98. The van der Waals surface area contributed by atoms with E-state index in [-0.39, 0.29) is 21.1 Å². The van der Waals surface area contributed by atoms with E-state index in [0.29, 0.717) is 19.8 Å². The van der Waals surface area contributed by atoms with Crippen LogP contribution in [0.2, 0.25) is 15.3 Å². The molecule has 1 rings (SSSR count). The van der Waals surface area contributed by atoms with Gasteiger partial charge in [0, 0.05) is 6.61 Å². The second-order valence-electron chi connectivity index (χ2n) is 2.89. The Balaban J connectivity index is 2.50. The summed E-state index contributed by atoms with van der Waals surface area (Å²) in [7, 11) is 0. The number of hydrogen-bond acceptors (Lipinski definition) is 4. The minimum Gasteiger partial charge on any atom is -0.486 e. The number of hydrogen-bond donors (Lipinski definition) is 0. The van der Waals surface area contributed by atoms with Crippen molar-refractivity contribution in [1.82, 2.24) is 10.2 Å². The summed E-state index contributed by atoms with van der Waals surface area (Å²) in [5.74, 6) is 0.239. The van der Waals surface area contributed by atoms with Crippen molar-refractivity contribution < 1.29 is 9.47 Å². The molecule has 0 aliphatic heterocycles. The Labute approximate surface area is 109 Å². The predicted octanol–water partition coefficient (Wildman–Crippen LogP) is 3.24. The maximum Gasteiger partial charge on any atom is 0.195 e. The number of aromatic nitrogens is 2. The van der Waals surface area contributed by atoms with Gasteiger partial charge >= 0.3 is 0 Å². The van der Waals surface area contributed by atoms with Crippen LogP contribution < -0.4 is 4.74 Å². The van der Waals surface area contributed by atoms with Crippen molar-refractivity contribution in [3.8, 4) is 5.75 Å². The Morgan fingerprint density at radius 2 is 1.69 bits per heavy atom. The summed E-state index contributed by atoms with van der Waals surface area (Å²) < 4.78 is 10.6. The predicted molar refractivity (Wildman–Crippen MR) is 63.7 cm³/mol. The number of rotatable bonds is 6. The van der Waals surface area contributed by atoms with Crippen molar-refractivity contribution in [2.75, 3.05) is 19.8 Å². The molecule has 0 spiro atoms. The minimum atomic E-state index is 0.0653. The van der Waals surface area contributed by atoms with E-state index in [2.05, 4.69) is 10.2 Å². The average molecular weight is 286 g/mol. The summed E-state index contributed by atoms with van der Waals surface area (Å²) in [5.41, 5.74) is 0. The van der Waals surface area contributed by atoms with Crippen LogP contribution in [0, 0.1) is 0 Å². The van der Waals surface area contributed by atoms with Crippen molar-refractivity contribution in [3.05, 3.63) is 15.3 Å². The van der Waals surface area contributed by atoms with Crippen molar-refractivity contribution in [2.24, 2.45) is 0 Å². The molecule has 0 amide bonds. The van der Waals surface area contributed by atoms with Gasteiger partial charge in [0.2, 0.25) is 0 Å². The van der Waals surface area contributed by atoms with E-state index in [4.69, 9.17) is 44.3 Å². The standard InChI is InChI=1S/C9H11Cl3N2O2/c1-2-3-15-4-5-16-7-6(10)8(11)13-14-9(7)12/h2-5H2,1H3. The van der Waals surface area contributed by atoms with E-state index in [1.54, 1.807) is 0 Å². The van der Waals surface area contributed by atoms with Gasteiger partial charge in [-0.2, -0.15) is 0 Å². The molecule has 0 aliphatic rings. The highest BCUT2D eigenvalue weighted by Crippen LogP contribution is 2.34. The molecule has 0 aliphatic carbocycles. The van der Waals surface area contributed by atoms with Gasteiger partial charge in [0.1, 0.15) is 11.6 Å². The lowest BCUT2D eigenvalue weighted by atomic mass is 10.5. The molecule has 1 aromatic heterocycles. The van der Waals surface area contributed by atoms with Gasteiger partial charge in [-0.15, -0.1) is 10.2 Å². The molecule has 7 heteroatoms. The fraction of sp³-hybridized carbons (Fsp3) is 0.556. The van der Waals surface area contributed by atoms with Crippen LogP contribution >= 0.6 is 34.8 Å². The van der Waals surface area contributed by atoms with E-state index in [1.807, 2.05) is 6.92 Å². The van der Waals surface area contributed by atoms with Gasteiger partial charge in [-0.25, -0.2) is 0 Å². The topological polar surface area (TPSA) is 44.2 Å². The van der Waals surface area contributed by atoms with Gasteiger partial charge in [-0.3, -0.25) is 0 Å². The quantitative estimate of drug-likeness (QED) is 0.753. The van der Waals surface area contributed by atoms with Gasteiger partial charge in [0.25, 0.3) is 0 Å². The van der Waals surface area contributed by atoms with E-state index >= 15 is 0 Å². The first-order valence-electron chi connectivity index (χ1n) is 4.74. The van der Waals surface area contributed by atoms with Crippen LogP contribution in [0.25, 0.3) is 0 Å².